The number of rotatable bonds is 6. The third-order valence-electron chi connectivity index (χ3n) is 5.27. The summed E-state index contributed by atoms with van der Waals surface area (Å²) in [7, 11) is 3.18. The normalized spacial score (nSPS) is 12.0. The van der Waals surface area contributed by atoms with Crippen molar-refractivity contribution in [3.63, 3.8) is 0 Å². The number of anilines is 2. The molecule has 9 heteroatoms. The highest BCUT2D eigenvalue weighted by Gasteiger charge is 2.25. The van der Waals surface area contributed by atoms with Crippen LogP contribution in [0.3, 0.4) is 0 Å². The number of ether oxygens (including phenoxy) is 2. The molecule has 0 aliphatic heterocycles. The largest absolute Gasteiger partial charge is 0.493 e. The molecule has 2 amide bonds. The van der Waals surface area contributed by atoms with Gasteiger partial charge in [-0.05, 0) is 29.3 Å². The van der Waals surface area contributed by atoms with E-state index in [4.69, 9.17) is 9.47 Å². The molecule has 0 unspecified atom stereocenters. The average molecular weight is 492 g/mol. The number of benzene rings is 1. The molecular weight excluding hydrogens is 458 g/mol. The van der Waals surface area contributed by atoms with Crippen LogP contribution >= 0.6 is 0 Å². The van der Waals surface area contributed by atoms with Crippen LogP contribution in [0.5, 0.6) is 11.5 Å². The van der Waals surface area contributed by atoms with Crippen molar-refractivity contribution >= 4 is 46.8 Å². The minimum Gasteiger partial charge on any atom is -0.493 e. The number of nitrogens with one attached hydrogen (secondary N) is 2. The molecule has 190 valence electrons. The molecule has 0 atom stereocenters. The number of nitrogens with zero attached hydrogens (tertiary/aromatic N) is 3. The minimum absolute atomic E-state index is 0.0766. The van der Waals surface area contributed by atoms with Crippen molar-refractivity contribution in [1.29, 1.82) is 0 Å². The highest BCUT2D eigenvalue weighted by Crippen LogP contribution is 2.29. The predicted molar refractivity (Wildman–Crippen MR) is 142 cm³/mol. The SMILES string of the molecule is COc1ccc(/C=C/c2cnc3nc(NC(=O)C(C)(C)C)nc(NC(=O)C(C)(C)C)c3c2)cc1OC. The molecule has 0 bridgehead atoms. The zero-order valence-electron chi connectivity index (χ0n) is 22.0. The summed E-state index contributed by atoms with van der Waals surface area (Å²) in [6.07, 6.45) is 5.46. The Morgan fingerprint density at radius 2 is 1.42 bits per heavy atom. The Bertz CT molecular complexity index is 1320. The third-order valence-corrected chi connectivity index (χ3v) is 5.27. The topological polar surface area (TPSA) is 115 Å². The van der Waals surface area contributed by atoms with Crippen molar-refractivity contribution in [3.8, 4) is 11.5 Å². The van der Waals surface area contributed by atoms with E-state index in [2.05, 4.69) is 25.6 Å². The lowest BCUT2D eigenvalue weighted by molar-refractivity contribution is -0.123. The van der Waals surface area contributed by atoms with Gasteiger partial charge in [0.05, 0.1) is 19.6 Å². The van der Waals surface area contributed by atoms with E-state index < -0.39 is 10.8 Å². The number of carbonyl (C=O) groups is 2. The van der Waals surface area contributed by atoms with Gasteiger partial charge in [0.2, 0.25) is 17.8 Å². The van der Waals surface area contributed by atoms with Crippen molar-refractivity contribution in [2.24, 2.45) is 10.8 Å². The molecule has 0 fully saturated rings. The Balaban J connectivity index is 2.02. The molecule has 3 aromatic rings. The molecule has 2 N–H and O–H groups in total. The van der Waals surface area contributed by atoms with Gasteiger partial charge >= 0.3 is 0 Å². The van der Waals surface area contributed by atoms with E-state index in [0.717, 1.165) is 11.1 Å². The summed E-state index contributed by atoms with van der Waals surface area (Å²) in [5.74, 6) is 1.16. The molecule has 0 aliphatic carbocycles. The van der Waals surface area contributed by atoms with Crippen molar-refractivity contribution in [1.82, 2.24) is 15.0 Å². The van der Waals surface area contributed by atoms with Crippen LogP contribution in [0.15, 0.2) is 30.5 Å². The number of amides is 2. The minimum atomic E-state index is -0.648. The second-order valence-electron chi connectivity index (χ2n) is 10.4. The predicted octanol–water partition coefficient (Wildman–Crippen LogP) is 5.18. The standard InChI is InChI=1S/C27H33N5O4/c1-26(2,3)23(33)29-22-18-13-17(10-9-16-11-12-19(35-7)20(14-16)36-8)15-28-21(18)30-25(31-22)32-24(34)27(4,5)6/h9-15H,1-8H3,(H2,28,29,30,31,32,33,34)/b10-9+. The fourth-order valence-corrected chi connectivity index (χ4v) is 3.00. The quantitative estimate of drug-likeness (QED) is 0.488. The van der Waals surface area contributed by atoms with Crippen LogP contribution in [0, 0.1) is 10.8 Å². The van der Waals surface area contributed by atoms with E-state index in [-0.39, 0.29) is 23.6 Å². The third kappa shape index (κ3) is 6.35. The van der Waals surface area contributed by atoms with Crippen LogP contribution in [0.2, 0.25) is 0 Å². The van der Waals surface area contributed by atoms with Gasteiger partial charge in [0.1, 0.15) is 5.82 Å². The first kappa shape index (κ1) is 26.6. The first-order valence-corrected chi connectivity index (χ1v) is 11.5. The van der Waals surface area contributed by atoms with Crippen molar-refractivity contribution in [2.75, 3.05) is 24.9 Å². The molecule has 2 heterocycles. The molecule has 0 saturated heterocycles. The van der Waals surface area contributed by atoms with E-state index in [1.165, 1.54) is 0 Å². The van der Waals surface area contributed by atoms with Crippen LogP contribution in [0.25, 0.3) is 23.2 Å². The zero-order chi connectivity index (χ0) is 26.7. The van der Waals surface area contributed by atoms with Crippen molar-refractivity contribution in [2.45, 2.75) is 41.5 Å². The van der Waals surface area contributed by atoms with Gasteiger partial charge in [-0.3, -0.25) is 14.9 Å². The maximum atomic E-state index is 12.8. The van der Waals surface area contributed by atoms with Crippen LogP contribution < -0.4 is 20.1 Å². The Hall–Kier alpha value is -4.01. The molecule has 0 radical (unpaired) electrons. The van der Waals surface area contributed by atoms with Crippen molar-refractivity contribution in [3.05, 3.63) is 41.6 Å². The summed E-state index contributed by atoms with van der Waals surface area (Å²) in [6.45, 7) is 10.8. The summed E-state index contributed by atoms with van der Waals surface area (Å²) in [4.78, 5) is 38.6. The second kappa shape index (κ2) is 10.3. The number of hydrogen-bond acceptors (Lipinski definition) is 7. The van der Waals surface area contributed by atoms with Gasteiger partial charge in [-0.15, -0.1) is 0 Å². The molecule has 2 aromatic heterocycles. The molecule has 0 spiro atoms. The lowest BCUT2D eigenvalue weighted by Gasteiger charge is -2.19. The summed E-state index contributed by atoms with van der Waals surface area (Å²) >= 11 is 0. The van der Waals surface area contributed by atoms with Gasteiger partial charge in [0, 0.05) is 17.0 Å². The van der Waals surface area contributed by atoms with E-state index >= 15 is 0 Å². The number of aromatic nitrogens is 3. The summed E-state index contributed by atoms with van der Waals surface area (Å²) in [5, 5.41) is 6.14. The molecule has 0 saturated carbocycles. The number of hydrogen-bond donors (Lipinski definition) is 2. The number of fused-ring (bicyclic) bond motifs is 1. The van der Waals surface area contributed by atoms with Crippen LogP contribution in [-0.2, 0) is 9.59 Å². The van der Waals surface area contributed by atoms with E-state index in [1.807, 2.05) is 57.2 Å². The summed E-state index contributed by atoms with van der Waals surface area (Å²) in [5.41, 5.74) is 0.745. The van der Waals surface area contributed by atoms with Crippen LogP contribution in [0.4, 0.5) is 11.8 Å². The van der Waals surface area contributed by atoms with E-state index in [1.54, 1.807) is 41.2 Å². The van der Waals surface area contributed by atoms with Gasteiger partial charge in [0.15, 0.2) is 17.1 Å². The average Bonchev–Trinajstić information content (AvgIpc) is 2.81. The van der Waals surface area contributed by atoms with Crippen molar-refractivity contribution < 1.29 is 19.1 Å². The van der Waals surface area contributed by atoms with Crippen LogP contribution in [-0.4, -0.2) is 41.0 Å². The molecule has 1 aromatic carbocycles. The highest BCUT2D eigenvalue weighted by atomic mass is 16.5. The van der Waals surface area contributed by atoms with Gasteiger partial charge in [-0.25, -0.2) is 4.98 Å². The maximum Gasteiger partial charge on any atom is 0.233 e. The van der Waals surface area contributed by atoms with Crippen LogP contribution in [0.1, 0.15) is 52.7 Å². The Labute approximate surface area is 211 Å². The first-order chi connectivity index (χ1) is 16.8. The number of methoxy groups -OCH3 is 2. The van der Waals surface area contributed by atoms with Gasteiger partial charge < -0.3 is 14.8 Å². The first-order valence-electron chi connectivity index (χ1n) is 11.5. The van der Waals surface area contributed by atoms with E-state index in [0.29, 0.717) is 22.5 Å². The fraction of sp³-hybridized carbons (Fsp3) is 0.370. The maximum absolute atomic E-state index is 12.8. The fourth-order valence-electron chi connectivity index (χ4n) is 3.00. The Morgan fingerprint density at radius 1 is 0.806 bits per heavy atom. The van der Waals surface area contributed by atoms with Gasteiger partial charge in [0.25, 0.3) is 0 Å². The lowest BCUT2D eigenvalue weighted by atomic mass is 9.95. The number of carbonyl (C=O) groups excluding carboxylic acids is 2. The highest BCUT2D eigenvalue weighted by molar-refractivity contribution is 6.02. The molecular formula is C27H33N5O4. The smallest absolute Gasteiger partial charge is 0.233 e. The van der Waals surface area contributed by atoms with Gasteiger partial charge in [-0.2, -0.15) is 9.97 Å². The lowest BCUT2D eigenvalue weighted by Crippen LogP contribution is -2.30. The zero-order valence-corrected chi connectivity index (χ0v) is 22.0. The molecule has 36 heavy (non-hydrogen) atoms. The number of pyridine rings is 1. The van der Waals surface area contributed by atoms with E-state index in [9.17, 15) is 9.59 Å². The summed E-state index contributed by atoms with van der Waals surface area (Å²) in [6, 6.07) is 7.45. The Kier molecular flexibility index (Phi) is 7.62. The van der Waals surface area contributed by atoms with Gasteiger partial charge in [-0.1, -0.05) is 59.8 Å². The second-order valence-corrected chi connectivity index (χ2v) is 10.4. The molecule has 9 nitrogen and oxygen atoms in total. The summed E-state index contributed by atoms with van der Waals surface area (Å²) < 4.78 is 10.7. The Morgan fingerprint density at radius 3 is 2.03 bits per heavy atom. The monoisotopic (exact) mass is 491 g/mol. The molecule has 0 aliphatic rings. The molecule has 3 rings (SSSR count).